The van der Waals surface area contributed by atoms with Crippen molar-refractivity contribution in [2.24, 2.45) is 0 Å². The van der Waals surface area contributed by atoms with Gasteiger partial charge in [0.25, 0.3) is 0 Å². The third kappa shape index (κ3) is 3.20. The molecular weight excluding hydrogens is 276 g/mol. The largest absolute Gasteiger partial charge is 0.504 e. The lowest BCUT2D eigenvalue weighted by molar-refractivity contribution is 0.372. The molecule has 0 atom stereocenters. The number of benzene rings is 3. The second-order valence-corrected chi connectivity index (χ2v) is 5.04. The first-order valence-corrected chi connectivity index (χ1v) is 7.04. The number of phenols is 2. The first-order valence-electron chi connectivity index (χ1n) is 7.04. The van der Waals surface area contributed by atoms with Crippen LogP contribution in [0, 0.1) is 0 Å². The molecule has 0 radical (unpaired) electrons. The quantitative estimate of drug-likeness (QED) is 0.697. The molecule has 3 aromatic carbocycles. The molecule has 0 aromatic heterocycles. The topological polar surface area (TPSA) is 49.7 Å². The van der Waals surface area contributed by atoms with Crippen LogP contribution in [0.1, 0.15) is 11.1 Å². The van der Waals surface area contributed by atoms with Gasteiger partial charge in [0.15, 0.2) is 11.5 Å². The Morgan fingerprint density at radius 3 is 2.05 bits per heavy atom. The Hall–Kier alpha value is -2.94. The molecule has 0 bridgehead atoms. The monoisotopic (exact) mass is 292 g/mol. The summed E-state index contributed by atoms with van der Waals surface area (Å²) in [5.41, 5.74) is 1.99. The Morgan fingerprint density at radius 2 is 1.36 bits per heavy atom. The van der Waals surface area contributed by atoms with Crippen LogP contribution >= 0.6 is 0 Å². The third-order valence-corrected chi connectivity index (χ3v) is 3.34. The van der Waals surface area contributed by atoms with Crippen LogP contribution in [-0.2, 0) is 6.42 Å². The molecule has 3 heteroatoms. The zero-order valence-corrected chi connectivity index (χ0v) is 11.9. The fourth-order valence-corrected chi connectivity index (χ4v) is 2.28. The van der Waals surface area contributed by atoms with Gasteiger partial charge in [0.05, 0.1) is 0 Å². The number of ether oxygens (including phenoxy) is 1. The SMILES string of the molecule is Oc1cc(Cc2ccccc2)cc(Oc2ccccc2)c1O. The van der Waals surface area contributed by atoms with Crippen LogP contribution in [0.5, 0.6) is 23.0 Å². The van der Waals surface area contributed by atoms with Crippen LogP contribution < -0.4 is 4.74 Å². The minimum atomic E-state index is -0.249. The van der Waals surface area contributed by atoms with Crippen molar-refractivity contribution in [1.82, 2.24) is 0 Å². The van der Waals surface area contributed by atoms with E-state index in [0.717, 1.165) is 11.1 Å². The lowest BCUT2D eigenvalue weighted by atomic mass is 10.0. The second kappa shape index (κ2) is 6.22. The van der Waals surface area contributed by atoms with Gasteiger partial charge in [-0.15, -0.1) is 0 Å². The van der Waals surface area contributed by atoms with Crippen LogP contribution in [0.25, 0.3) is 0 Å². The number of para-hydroxylation sites is 1. The second-order valence-electron chi connectivity index (χ2n) is 5.04. The van der Waals surface area contributed by atoms with Crippen LogP contribution in [0.3, 0.4) is 0 Å². The van der Waals surface area contributed by atoms with Gasteiger partial charge < -0.3 is 14.9 Å². The summed E-state index contributed by atoms with van der Waals surface area (Å²) in [6.45, 7) is 0. The summed E-state index contributed by atoms with van der Waals surface area (Å²) in [5, 5.41) is 19.9. The molecule has 0 aliphatic rings. The van der Waals surface area contributed by atoms with E-state index in [0.29, 0.717) is 12.2 Å². The van der Waals surface area contributed by atoms with E-state index in [9.17, 15) is 10.2 Å². The van der Waals surface area contributed by atoms with E-state index in [-0.39, 0.29) is 17.2 Å². The predicted molar refractivity (Wildman–Crippen MR) is 85.5 cm³/mol. The fraction of sp³-hybridized carbons (Fsp3) is 0.0526. The first kappa shape index (κ1) is 14.0. The zero-order chi connectivity index (χ0) is 15.4. The maximum Gasteiger partial charge on any atom is 0.201 e. The number of aromatic hydroxyl groups is 2. The van der Waals surface area contributed by atoms with Gasteiger partial charge >= 0.3 is 0 Å². The Kier molecular flexibility index (Phi) is 3.97. The molecule has 0 spiro atoms. The summed E-state index contributed by atoms with van der Waals surface area (Å²) in [6, 6.07) is 22.4. The number of hydrogen-bond acceptors (Lipinski definition) is 3. The average molecular weight is 292 g/mol. The molecule has 22 heavy (non-hydrogen) atoms. The van der Waals surface area contributed by atoms with Crippen molar-refractivity contribution in [3.05, 3.63) is 83.9 Å². The van der Waals surface area contributed by atoms with Gasteiger partial charge in [-0.05, 0) is 41.8 Å². The average Bonchev–Trinajstić information content (AvgIpc) is 2.54. The summed E-state index contributed by atoms with van der Waals surface area (Å²) in [6.07, 6.45) is 0.653. The molecule has 0 aliphatic carbocycles. The molecule has 110 valence electrons. The Bertz CT molecular complexity index is 752. The molecule has 0 saturated carbocycles. The number of rotatable bonds is 4. The molecule has 0 fully saturated rings. The van der Waals surface area contributed by atoms with Gasteiger partial charge in [0.2, 0.25) is 5.75 Å². The van der Waals surface area contributed by atoms with E-state index in [1.54, 1.807) is 24.3 Å². The summed E-state index contributed by atoms with van der Waals surface area (Å²) < 4.78 is 5.66. The zero-order valence-electron chi connectivity index (χ0n) is 11.9. The molecular formula is C19H16O3. The molecule has 3 nitrogen and oxygen atoms in total. The van der Waals surface area contributed by atoms with Crippen LogP contribution in [-0.4, -0.2) is 10.2 Å². The lowest BCUT2D eigenvalue weighted by Gasteiger charge is -2.11. The molecule has 0 unspecified atom stereocenters. The number of phenolic OH excluding ortho intramolecular Hbond substituents is 2. The van der Waals surface area contributed by atoms with E-state index in [2.05, 4.69) is 0 Å². The minimum Gasteiger partial charge on any atom is -0.504 e. The molecule has 0 heterocycles. The van der Waals surface area contributed by atoms with Crippen molar-refractivity contribution in [2.75, 3.05) is 0 Å². The highest BCUT2D eigenvalue weighted by Crippen LogP contribution is 2.39. The smallest absolute Gasteiger partial charge is 0.201 e. The minimum absolute atomic E-state index is 0.181. The Labute approximate surface area is 129 Å². The van der Waals surface area contributed by atoms with Crippen molar-refractivity contribution in [2.45, 2.75) is 6.42 Å². The van der Waals surface area contributed by atoms with Crippen molar-refractivity contribution in [3.8, 4) is 23.0 Å². The molecule has 2 N–H and O–H groups in total. The summed E-state index contributed by atoms with van der Waals surface area (Å²) in [5.74, 6) is 0.422. The Morgan fingerprint density at radius 1 is 0.727 bits per heavy atom. The molecule has 3 rings (SSSR count). The molecule has 0 saturated heterocycles. The highest BCUT2D eigenvalue weighted by Gasteiger charge is 2.12. The number of hydrogen-bond donors (Lipinski definition) is 2. The van der Waals surface area contributed by atoms with Gasteiger partial charge in [0.1, 0.15) is 5.75 Å². The van der Waals surface area contributed by atoms with E-state index >= 15 is 0 Å². The molecule has 0 amide bonds. The van der Waals surface area contributed by atoms with E-state index < -0.39 is 0 Å². The van der Waals surface area contributed by atoms with Crippen LogP contribution in [0.2, 0.25) is 0 Å². The fourth-order valence-electron chi connectivity index (χ4n) is 2.28. The maximum atomic E-state index is 9.97. The normalized spacial score (nSPS) is 10.4. The van der Waals surface area contributed by atoms with Gasteiger partial charge in [-0.25, -0.2) is 0 Å². The van der Waals surface area contributed by atoms with E-state index in [1.165, 1.54) is 0 Å². The highest BCUT2D eigenvalue weighted by atomic mass is 16.5. The Balaban J connectivity index is 1.90. The van der Waals surface area contributed by atoms with Crippen molar-refractivity contribution < 1.29 is 14.9 Å². The highest BCUT2D eigenvalue weighted by molar-refractivity contribution is 5.54. The standard InChI is InChI=1S/C19H16O3/c20-17-12-15(11-14-7-3-1-4-8-14)13-18(19(17)21)22-16-9-5-2-6-10-16/h1-10,12-13,20-21H,11H2. The third-order valence-electron chi connectivity index (χ3n) is 3.34. The van der Waals surface area contributed by atoms with Gasteiger partial charge in [0, 0.05) is 0 Å². The van der Waals surface area contributed by atoms with Gasteiger partial charge in [-0.1, -0.05) is 48.5 Å². The van der Waals surface area contributed by atoms with Gasteiger partial charge in [-0.2, -0.15) is 0 Å². The van der Waals surface area contributed by atoms with E-state index in [4.69, 9.17) is 4.74 Å². The molecule has 3 aromatic rings. The van der Waals surface area contributed by atoms with E-state index in [1.807, 2.05) is 48.5 Å². The van der Waals surface area contributed by atoms with Crippen molar-refractivity contribution >= 4 is 0 Å². The lowest BCUT2D eigenvalue weighted by Crippen LogP contribution is -1.91. The van der Waals surface area contributed by atoms with Crippen molar-refractivity contribution in [1.29, 1.82) is 0 Å². The summed E-state index contributed by atoms with van der Waals surface area (Å²) >= 11 is 0. The molecule has 0 aliphatic heterocycles. The van der Waals surface area contributed by atoms with Crippen molar-refractivity contribution in [3.63, 3.8) is 0 Å². The first-order chi connectivity index (χ1) is 10.7. The summed E-state index contributed by atoms with van der Waals surface area (Å²) in [4.78, 5) is 0. The predicted octanol–water partition coefficient (Wildman–Crippen LogP) is 4.48. The van der Waals surface area contributed by atoms with Crippen LogP contribution in [0.4, 0.5) is 0 Å². The maximum absolute atomic E-state index is 9.97. The summed E-state index contributed by atoms with van der Waals surface area (Å²) in [7, 11) is 0. The van der Waals surface area contributed by atoms with Gasteiger partial charge in [-0.3, -0.25) is 0 Å². The van der Waals surface area contributed by atoms with Crippen LogP contribution in [0.15, 0.2) is 72.8 Å².